The van der Waals surface area contributed by atoms with Gasteiger partial charge in [0.05, 0.1) is 5.69 Å². The van der Waals surface area contributed by atoms with E-state index in [0.717, 1.165) is 0 Å². The number of amides is 2. The fraction of sp³-hybridized carbons (Fsp3) is 0. The van der Waals surface area contributed by atoms with Crippen molar-refractivity contribution < 1.29 is 17.5 Å². The molecule has 0 aromatic heterocycles. The fourth-order valence-electron chi connectivity index (χ4n) is 0.874. The number of carbonyl (C=O) groups is 1. The molecule has 0 radical (unpaired) electrons. The molecular formula is C7H9N3O4S. The van der Waals surface area contributed by atoms with E-state index in [9.17, 15) is 13.2 Å². The van der Waals surface area contributed by atoms with Crippen LogP contribution in [0.4, 0.5) is 10.5 Å². The van der Waals surface area contributed by atoms with E-state index < -0.39 is 16.3 Å². The zero-order chi connectivity index (χ0) is 11.5. The molecule has 0 bridgehead atoms. The summed E-state index contributed by atoms with van der Waals surface area (Å²) in [5.74, 6) is 0. The summed E-state index contributed by atoms with van der Waals surface area (Å²) in [6.45, 7) is 0. The second-order valence-electron chi connectivity index (χ2n) is 2.54. The van der Waals surface area contributed by atoms with Crippen LogP contribution in [0.5, 0.6) is 0 Å². The Balaban J connectivity index is 3.00. The molecule has 1 aromatic carbocycles. The summed E-state index contributed by atoms with van der Waals surface area (Å²) in [5.41, 5.74) is 5.08. The van der Waals surface area contributed by atoms with E-state index in [4.69, 9.17) is 5.73 Å². The highest BCUT2D eigenvalue weighted by molar-refractivity contribution is 7.84. The Morgan fingerprint density at radius 1 is 1.27 bits per heavy atom. The van der Waals surface area contributed by atoms with Gasteiger partial charge in [0.15, 0.2) is 0 Å². The molecule has 15 heavy (non-hydrogen) atoms. The van der Waals surface area contributed by atoms with E-state index in [1.165, 1.54) is 12.1 Å². The van der Waals surface area contributed by atoms with Crippen molar-refractivity contribution in [2.75, 3.05) is 5.06 Å². The summed E-state index contributed by atoms with van der Waals surface area (Å²) in [4.78, 5) is 10.9. The number of hydrogen-bond acceptors (Lipinski definition) is 4. The molecule has 0 saturated heterocycles. The van der Waals surface area contributed by atoms with Gasteiger partial charge in [-0.15, -0.1) is 4.28 Å². The lowest BCUT2D eigenvalue weighted by Crippen LogP contribution is -2.39. The van der Waals surface area contributed by atoms with Gasteiger partial charge in [0.1, 0.15) is 0 Å². The van der Waals surface area contributed by atoms with Crippen LogP contribution in [0, 0.1) is 0 Å². The number of urea groups is 1. The lowest BCUT2D eigenvalue weighted by atomic mass is 10.3. The summed E-state index contributed by atoms with van der Waals surface area (Å²) in [6.07, 6.45) is 0. The van der Waals surface area contributed by atoms with Gasteiger partial charge in [-0.2, -0.15) is 13.5 Å². The maximum atomic E-state index is 10.9. The number of hydrogen-bond donors (Lipinski definition) is 2. The predicted octanol–water partition coefficient (Wildman–Crippen LogP) is -0.293. The smallest absolute Gasteiger partial charge is 0.349 e. The number of benzene rings is 1. The highest BCUT2D eigenvalue weighted by atomic mass is 32.2. The van der Waals surface area contributed by atoms with Crippen LogP contribution < -0.4 is 15.9 Å². The number of anilines is 1. The van der Waals surface area contributed by atoms with Crippen LogP contribution in [-0.4, -0.2) is 14.4 Å². The molecule has 4 N–H and O–H groups in total. The first-order valence-corrected chi connectivity index (χ1v) is 5.24. The number of nitrogens with two attached hydrogens (primary N) is 2. The molecule has 7 nitrogen and oxygen atoms in total. The van der Waals surface area contributed by atoms with Crippen molar-refractivity contribution in [3.63, 3.8) is 0 Å². The summed E-state index contributed by atoms with van der Waals surface area (Å²) in [5, 5.41) is 5.00. The Bertz CT molecular complexity index is 445. The number of hydroxylamine groups is 1. The number of carbonyl (C=O) groups excluding carboxylic acids is 1. The third-order valence-corrected chi connectivity index (χ3v) is 1.73. The molecule has 0 aliphatic rings. The quantitative estimate of drug-likeness (QED) is 0.695. The van der Waals surface area contributed by atoms with Gasteiger partial charge in [0.25, 0.3) is 0 Å². The number of primary amides is 1. The van der Waals surface area contributed by atoms with E-state index in [0.29, 0.717) is 5.06 Å². The predicted molar refractivity (Wildman–Crippen MR) is 52.7 cm³/mol. The SMILES string of the molecule is NC(=O)N(OS(N)(=O)=O)c1ccccc1. The van der Waals surface area contributed by atoms with Gasteiger partial charge in [-0.05, 0) is 12.1 Å². The van der Waals surface area contributed by atoms with Gasteiger partial charge in [-0.3, -0.25) is 0 Å². The third-order valence-electron chi connectivity index (χ3n) is 1.37. The average molecular weight is 231 g/mol. The minimum Gasteiger partial charge on any atom is -0.349 e. The Labute approximate surface area is 86.4 Å². The van der Waals surface area contributed by atoms with Crippen molar-refractivity contribution in [1.29, 1.82) is 0 Å². The van der Waals surface area contributed by atoms with Gasteiger partial charge in [0, 0.05) is 0 Å². The van der Waals surface area contributed by atoms with Gasteiger partial charge in [-0.25, -0.2) is 9.93 Å². The fourth-order valence-corrected chi connectivity index (χ4v) is 1.24. The first-order chi connectivity index (χ1) is 6.90. The van der Waals surface area contributed by atoms with Gasteiger partial charge < -0.3 is 5.73 Å². The molecule has 0 aliphatic carbocycles. The van der Waals surface area contributed by atoms with E-state index in [1.54, 1.807) is 18.2 Å². The minimum atomic E-state index is -4.29. The van der Waals surface area contributed by atoms with E-state index in [2.05, 4.69) is 9.42 Å². The highest BCUT2D eigenvalue weighted by Gasteiger charge is 2.18. The molecule has 1 aromatic rings. The van der Waals surface area contributed by atoms with Crippen LogP contribution in [0.25, 0.3) is 0 Å². The molecular weight excluding hydrogens is 222 g/mol. The van der Waals surface area contributed by atoms with Crippen LogP contribution in [0.1, 0.15) is 0 Å². The summed E-state index contributed by atoms with van der Waals surface area (Å²) in [7, 11) is -4.29. The lowest BCUT2D eigenvalue weighted by molar-refractivity contribution is 0.223. The minimum absolute atomic E-state index is 0.166. The largest absolute Gasteiger partial charge is 0.354 e. The average Bonchev–Trinajstić information content (AvgIpc) is 2.14. The summed E-state index contributed by atoms with van der Waals surface area (Å²) < 4.78 is 25.4. The maximum absolute atomic E-state index is 10.9. The van der Waals surface area contributed by atoms with Crippen molar-refractivity contribution in [3.05, 3.63) is 30.3 Å². The molecule has 82 valence electrons. The molecule has 0 saturated carbocycles. The normalized spacial score (nSPS) is 11.0. The van der Waals surface area contributed by atoms with Crippen molar-refractivity contribution in [2.24, 2.45) is 10.9 Å². The molecule has 8 heteroatoms. The van der Waals surface area contributed by atoms with Crippen molar-refractivity contribution in [3.8, 4) is 0 Å². The van der Waals surface area contributed by atoms with E-state index >= 15 is 0 Å². The van der Waals surface area contributed by atoms with Crippen LogP contribution in [0.3, 0.4) is 0 Å². The van der Waals surface area contributed by atoms with Crippen LogP contribution in [0.2, 0.25) is 0 Å². The van der Waals surface area contributed by atoms with Crippen molar-refractivity contribution >= 4 is 22.0 Å². The van der Waals surface area contributed by atoms with Crippen molar-refractivity contribution in [2.45, 2.75) is 0 Å². The zero-order valence-corrected chi connectivity index (χ0v) is 8.35. The number of para-hydroxylation sites is 1. The standard InChI is InChI=1S/C7H9N3O4S/c8-7(11)10(14-15(9,12)13)6-4-2-1-3-5-6/h1-5H,(H2,8,11)(H2,9,12,13). The molecule has 0 fully saturated rings. The van der Waals surface area contributed by atoms with E-state index in [1.807, 2.05) is 0 Å². The first-order valence-electron chi connectivity index (χ1n) is 3.77. The topological polar surface area (TPSA) is 116 Å². The Morgan fingerprint density at radius 2 is 1.80 bits per heavy atom. The monoisotopic (exact) mass is 231 g/mol. The Hall–Kier alpha value is -1.64. The Morgan fingerprint density at radius 3 is 2.20 bits per heavy atom. The van der Waals surface area contributed by atoms with Crippen molar-refractivity contribution in [1.82, 2.24) is 0 Å². The zero-order valence-electron chi connectivity index (χ0n) is 7.53. The van der Waals surface area contributed by atoms with Gasteiger partial charge >= 0.3 is 16.3 Å². The third kappa shape index (κ3) is 3.54. The van der Waals surface area contributed by atoms with Crippen LogP contribution >= 0.6 is 0 Å². The van der Waals surface area contributed by atoms with Gasteiger partial charge in [0.2, 0.25) is 0 Å². The summed E-state index contributed by atoms with van der Waals surface area (Å²) >= 11 is 0. The first kappa shape index (κ1) is 11.4. The lowest BCUT2D eigenvalue weighted by Gasteiger charge is -2.16. The molecule has 2 amide bonds. The second-order valence-corrected chi connectivity index (χ2v) is 3.67. The van der Waals surface area contributed by atoms with Crippen LogP contribution in [0.15, 0.2) is 30.3 Å². The molecule has 0 heterocycles. The molecule has 0 aliphatic heterocycles. The summed E-state index contributed by atoms with van der Waals surface area (Å²) in [6, 6.07) is 6.64. The van der Waals surface area contributed by atoms with E-state index in [-0.39, 0.29) is 5.69 Å². The Kier molecular flexibility index (Phi) is 3.24. The maximum Gasteiger partial charge on any atom is 0.354 e. The van der Waals surface area contributed by atoms with Crippen LogP contribution in [-0.2, 0) is 14.6 Å². The number of rotatable bonds is 3. The molecule has 0 atom stereocenters. The molecule has 1 rings (SSSR count). The van der Waals surface area contributed by atoms with Gasteiger partial charge in [-0.1, -0.05) is 18.2 Å². The number of nitrogens with zero attached hydrogens (tertiary/aromatic N) is 1. The molecule has 0 unspecified atom stereocenters. The molecule has 0 spiro atoms. The second kappa shape index (κ2) is 4.26. The highest BCUT2D eigenvalue weighted by Crippen LogP contribution is 2.13.